The first-order valence-corrected chi connectivity index (χ1v) is 5.55. The number of rotatable bonds is 5. The summed E-state index contributed by atoms with van der Waals surface area (Å²) in [7, 11) is 0. The van der Waals surface area contributed by atoms with Gasteiger partial charge in [0.2, 0.25) is 0 Å². The Kier molecular flexibility index (Phi) is 4.53. The van der Waals surface area contributed by atoms with E-state index in [2.05, 4.69) is 22.2 Å². The van der Waals surface area contributed by atoms with E-state index in [9.17, 15) is 9.59 Å². The van der Waals surface area contributed by atoms with Gasteiger partial charge in [0.15, 0.2) is 0 Å². The number of aromatic carboxylic acids is 1. The minimum atomic E-state index is -1.11. The third kappa shape index (κ3) is 3.65. The quantitative estimate of drug-likeness (QED) is 0.604. The molecule has 0 bridgehead atoms. The van der Waals surface area contributed by atoms with Crippen LogP contribution in [0, 0.1) is 6.92 Å². The third-order valence-electron chi connectivity index (χ3n) is 2.31. The summed E-state index contributed by atoms with van der Waals surface area (Å²) in [6, 6.07) is 1.07. The predicted molar refractivity (Wildman–Crippen MR) is 68.9 cm³/mol. The summed E-state index contributed by atoms with van der Waals surface area (Å²) < 4.78 is 0. The van der Waals surface area contributed by atoms with E-state index in [1.54, 1.807) is 19.1 Å². The van der Waals surface area contributed by atoms with Crippen molar-refractivity contribution >= 4 is 17.7 Å². The number of H-pyrrole nitrogens is 1. The van der Waals surface area contributed by atoms with E-state index >= 15 is 0 Å². The Morgan fingerprint density at radius 2 is 2.28 bits per heavy atom. The zero-order valence-electron chi connectivity index (χ0n) is 10.4. The van der Waals surface area contributed by atoms with Gasteiger partial charge in [-0.05, 0) is 26.3 Å². The maximum absolute atomic E-state index is 11.6. The van der Waals surface area contributed by atoms with Crippen LogP contribution in [0.15, 0.2) is 18.7 Å². The van der Waals surface area contributed by atoms with Crippen LogP contribution in [0.25, 0.3) is 0 Å². The van der Waals surface area contributed by atoms with Gasteiger partial charge in [-0.1, -0.05) is 6.08 Å². The largest absolute Gasteiger partial charge is 0.477 e. The molecule has 1 unspecified atom stereocenters. The number of hydrogen-bond acceptors (Lipinski definition) is 2. The van der Waals surface area contributed by atoms with Crippen LogP contribution in [0.4, 0.5) is 10.5 Å². The molecule has 0 aromatic carbocycles. The van der Waals surface area contributed by atoms with Gasteiger partial charge >= 0.3 is 12.0 Å². The van der Waals surface area contributed by atoms with Crippen LogP contribution in [-0.2, 0) is 0 Å². The number of aryl methyl sites for hydroxylation is 1. The summed E-state index contributed by atoms with van der Waals surface area (Å²) in [6.07, 6.45) is 2.35. The number of aromatic amines is 1. The van der Waals surface area contributed by atoms with Gasteiger partial charge < -0.3 is 20.7 Å². The highest BCUT2D eigenvalue weighted by Gasteiger charge is 2.15. The van der Waals surface area contributed by atoms with E-state index in [1.165, 1.54) is 0 Å². The fourth-order valence-electron chi connectivity index (χ4n) is 1.55. The van der Waals surface area contributed by atoms with E-state index in [0.29, 0.717) is 12.1 Å². The molecule has 98 valence electrons. The highest BCUT2D eigenvalue weighted by molar-refractivity contribution is 5.99. The Balaban J connectivity index is 2.69. The molecule has 0 aliphatic rings. The van der Waals surface area contributed by atoms with Gasteiger partial charge in [-0.15, -0.1) is 6.58 Å². The van der Waals surface area contributed by atoms with Gasteiger partial charge in [-0.2, -0.15) is 0 Å². The highest BCUT2D eigenvalue weighted by Crippen LogP contribution is 2.16. The summed E-state index contributed by atoms with van der Waals surface area (Å²) in [6.45, 7) is 7.13. The number of carbonyl (C=O) groups is 2. The molecular weight excluding hydrogens is 234 g/mol. The fraction of sp³-hybridized carbons (Fsp3) is 0.333. The molecular formula is C12H17N3O3. The lowest BCUT2D eigenvalue weighted by molar-refractivity contribution is 0.0692. The summed E-state index contributed by atoms with van der Waals surface area (Å²) in [4.78, 5) is 25.2. The molecule has 0 aliphatic heterocycles. The molecule has 2 amide bonds. The molecule has 0 saturated carbocycles. The number of aromatic nitrogens is 1. The first-order chi connectivity index (χ1) is 8.43. The van der Waals surface area contributed by atoms with E-state index in [1.807, 2.05) is 6.92 Å². The Labute approximate surface area is 105 Å². The summed E-state index contributed by atoms with van der Waals surface area (Å²) in [5.41, 5.74) is 0.893. The molecule has 0 aliphatic carbocycles. The lowest BCUT2D eigenvalue weighted by Crippen LogP contribution is -2.36. The number of anilines is 1. The average molecular weight is 251 g/mol. The maximum atomic E-state index is 11.6. The van der Waals surface area contributed by atoms with Crippen molar-refractivity contribution in [1.29, 1.82) is 0 Å². The monoisotopic (exact) mass is 251 g/mol. The summed E-state index contributed by atoms with van der Waals surface area (Å²) in [5, 5.41) is 14.1. The predicted octanol–water partition coefficient (Wildman–Crippen LogP) is 2.11. The molecule has 0 saturated heterocycles. The zero-order valence-corrected chi connectivity index (χ0v) is 10.4. The van der Waals surface area contributed by atoms with Gasteiger partial charge in [0.05, 0.1) is 5.69 Å². The maximum Gasteiger partial charge on any atom is 0.354 e. The number of nitrogens with one attached hydrogen (secondary N) is 3. The molecule has 1 rings (SSSR count). The van der Waals surface area contributed by atoms with Crippen LogP contribution in [0.2, 0.25) is 0 Å². The van der Waals surface area contributed by atoms with Crippen molar-refractivity contribution in [3.8, 4) is 0 Å². The van der Waals surface area contributed by atoms with E-state index < -0.39 is 12.0 Å². The molecule has 1 aromatic rings. The lowest BCUT2D eigenvalue weighted by Gasteiger charge is -2.12. The van der Waals surface area contributed by atoms with E-state index in [0.717, 1.165) is 0 Å². The number of carboxylic acids is 1. The van der Waals surface area contributed by atoms with Crippen molar-refractivity contribution in [3.63, 3.8) is 0 Å². The zero-order chi connectivity index (χ0) is 13.7. The molecule has 1 heterocycles. The fourth-order valence-corrected chi connectivity index (χ4v) is 1.55. The molecule has 0 spiro atoms. The van der Waals surface area contributed by atoms with Crippen molar-refractivity contribution in [2.45, 2.75) is 26.3 Å². The van der Waals surface area contributed by atoms with Gasteiger partial charge in [0, 0.05) is 11.7 Å². The minimum Gasteiger partial charge on any atom is -0.477 e. The smallest absolute Gasteiger partial charge is 0.354 e. The van der Waals surface area contributed by atoms with Crippen LogP contribution in [0.1, 0.15) is 29.5 Å². The SMILES string of the molecule is C=CCC(C)NC(=O)Nc1cc(C)[nH]c1C(=O)O. The lowest BCUT2D eigenvalue weighted by atomic mass is 10.2. The Hall–Kier alpha value is -2.24. The summed E-state index contributed by atoms with van der Waals surface area (Å²) in [5.74, 6) is -1.11. The Bertz CT molecular complexity index is 465. The second-order valence-corrected chi connectivity index (χ2v) is 4.07. The van der Waals surface area contributed by atoms with Crippen LogP contribution in [0.5, 0.6) is 0 Å². The van der Waals surface area contributed by atoms with Crippen molar-refractivity contribution < 1.29 is 14.7 Å². The van der Waals surface area contributed by atoms with Crippen LogP contribution < -0.4 is 10.6 Å². The van der Waals surface area contributed by atoms with Crippen LogP contribution in [-0.4, -0.2) is 28.1 Å². The Morgan fingerprint density at radius 1 is 1.61 bits per heavy atom. The number of amides is 2. The molecule has 6 nitrogen and oxygen atoms in total. The average Bonchev–Trinajstić information content (AvgIpc) is 2.59. The molecule has 0 radical (unpaired) electrons. The number of carboxylic acid groups (broad SMARTS) is 1. The standard InChI is InChI=1S/C12H17N3O3/c1-4-5-7(2)14-12(18)15-9-6-8(3)13-10(9)11(16)17/h4,6-7,13H,1,5H2,2-3H3,(H,16,17)(H2,14,15,18). The number of carbonyl (C=O) groups excluding carboxylic acids is 1. The van der Waals surface area contributed by atoms with Gasteiger partial charge in [0.25, 0.3) is 0 Å². The van der Waals surface area contributed by atoms with E-state index in [4.69, 9.17) is 5.11 Å². The molecule has 4 N–H and O–H groups in total. The van der Waals surface area contributed by atoms with E-state index in [-0.39, 0.29) is 17.4 Å². The van der Waals surface area contributed by atoms with Crippen LogP contribution >= 0.6 is 0 Å². The summed E-state index contributed by atoms with van der Waals surface area (Å²) >= 11 is 0. The second-order valence-electron chi connectivity index (χ2n) is 4.07. The van der Waals surface area contributed by atoms with Crippen molar-refractivity contribution in [2.24, 2.45) is 0 Å². The normalized spacial score (nSPS) is 11.7. The van der Waals surface area contributed by atoms with Crippen molar-refractivity contribution in [2.75, 3.05) is 5.32 Å². The molecule has 1 atom stereocenters. The first kappa shape index (κ1) is 13.8. The van der Waals surface area contributed by atoms with Crippen LogP contribution in [0.3, 0.4) is 0 Å². The molecule has 0 fully saturated rings. The minimum absolute atomic E-state index is 0.0287. The van der Waals surface area contributed by atoms with Gasteiger partial charge in [-0.3, -0.25) is 0 Å². The second kappa shape index (κ2) is 5.90. The highest BCUT2D eigenvalue weighted by atomic mass is 16.4. The third-order valence-corrected chi connectivity index (χ3v) is 2.31. The van der Waals surface area contributed by atoms with Gasteiger partial charge in [-0.25, -0.2) is 9.59 Å². The molecule has 6 heteroatoms. The van der Waals surface area contributed by atoms with Crippen molar-refractivity contribution in [1.82, 2.24) is 10.3 Å². The molecule has 1 aromatic heterocycles. The Morgan fingerprint density at radius 3 is 2.83 bits per heavy atom. The number of hydrogen-bond donors (Lipinski definition) is 4. The topological polar surface area (TPSA) is 94.2 Å². The molecule has 18 heavy (non-hydrogen) atoms. The van der Waals surface area contributed by atoms with Gasteiger partial charge in [0.1, 0.15) is 5.69 Å². The van der Waals surface area contributed by atoms with Crippen molar-refractivity contribution in [3.05, 3.63) is 30.1 Å². The number of urea groups is 1. The first-order valence-electron chi connectivity index (χ1n) is 5.55.